The lowest BCUT2D eigenvalue weighted by atomic mass is 9.82. The van der Waals surface area contributed by atoms with Crippen LogP contribution in [-0.4, -0.2) is 23.7 Å². The van der Waals surface area contributed by atoms with Crippen molar-refractivity contribution in [1.82, 2.24) is 0 Å². The van der Waals surface area contributed by atoms with E-state index in [0.29, 0.717) is 6.42 Å². The Labute approximate surface area is 75.2 Å². The number of carbonyl (C=O) groups excluding carboxylic acids is 1. The molecule has 3 atom stereocenters. The van der Waals surface area contributed by atoms with Crippen LogP contribution >= 0.6 is 0 Å². The van der Waals surface area contributed by atoms with Crippen molar-refractivity contribution in [1.29, 1.82) is 0 Å². The quantitative estimate of drug-likeness (QED) is 0.472. The first-order valence-corrected chi connectivity index (χ1v) is 4.26. The number of hydrogen-bond donors (Lipinski definition) is 1. The normalized spacial score (nSPS) is 36.9. The number of allylic oxidation sites excluding steroid dienone is 2. The number of esters is 1. The third-order valence-corrected chi connectivity index (χ3v) is 2.70. The molecule has 13 heavy (non-hydrogen) atoms. The van der Waals surface area contributed by atoms with Crippen molar-refractivity contribution in [3.8, 4) is 0 Å². The first-order chi connectivity index (χ1) is 6.20. The van der Waals surface area contributed by atoms with Gasteiger partial charge in [0.1, 0.15) is 6.61 Å². The zero-order valence-electron chi connectivity index (χ0n) is 6.97. The molecule has 1 heterocycles. The molecule has 0 aromatic rings. The highest BCUT2D eigenvalue weighted by atomic mass is 16.5. The van der Waals surface area contributed by atoms with Gasteiger partial charge in [0.25, 0.3) is 0 Å². The number of aliphatic carboxylic acids is 1. The van der Waals surface area contributed by atoms with Gasteiger partial charge in [0.2, 0.25) is 0 Å². The predicted octanol–water partition coefficient (Wildman–Crippen LogP) is 0.436. The topological polar surface area (TPSA) is 63.6 Å². The first kappa shape index (κ1) is 8.29. The van der Waals surface area contributed by atoms with Crippen LogP contribution in [-0.2, 0) is 14.3 Å². The minimum absolute atomic E-state index is 0.0136. The molecule has 0 bridgehead atoms. The van der Waals surface area contributed by atoms with Crippen LogP contribution in [0.15, 0.2) is 12.2 Å². The molecule has 0 amide bonds. The molecular formula is C9H10O4. The lowest BCUT2D eigenvalue weighted by molar-refractivity contribution is -0.165. The van der Waals surface area contributed by atoms with E-state index in [9.17, 15) is 9.59 Å². The first-order valence-electron chi connectivity index (χ1n) is 4.26. The summed E-state index contributed by atoms with van der Waals surface area (Å²) in [5, 5.41) is 8.85. The molecule has 70 valence electrons. The summed E-state index contributed by atoms with van der Waals surface area (Å²) in [6, 6.07) is 0. The highest BCUT2D eigenvalue weighted by Crippen LogP contribution is 2.36. The smallest absolute Gasteiger partial charge is 0.310 e. The zero-order valence-corrected chi connectivity index (χ0v) is 6.97. The molecule has 4 heteroatoms. The van der Waals surface area contributed by atoms with Crippen LogP contribution in [0.4, 0.5) is 0 Å². The van der Waals surface area contributed by atoms with Gasteiger partial charge in [-0.05, 0) is 6.42 Å². The van der Waals surface area contributed by atoms with Crippen LogP contribution in [0.2, 0.25) is 0 Å². The van der Waals surface area contributed by atoms with Gasteiger partial charge in [0, 0.05) is 5.92 Å². The van der Waals surface area contributed by atoms with Crippen molar-refractivity contribution in [3.63, 3.8) is 0 Å². The molecule has 4 nitrogen and oxygen atoms in total. The van der Waals surface area contributed by atoms with E-state index in [-0.39, 0.29) is 24.4 Å². The number of hydrogen-bond acceptors (Lipinski definition) is 3. The molecule has 1 fully saturated rings. The Hall–Kier alpha value is -1.32. The van der Waals surface area contributed by atoms with Gasteiger partial charge in [-0.1, -0.05) is 12.2 Å². The molecule has 2 aliphatic rings. The van der Waals surface area contributed by atoms with Crippen molar-refractivity contribution in [2.24, 2.45) is 17.8 Å². The number of rotatable bonds is 1. The molecule has 0 aromatic carbocycles. The van der Waals surface area contributed by atoms with E-state index in [1.165, 1.54) is 0 Å². The van der Waals surface area contributed by atoms with Crippen molar-refractivity contribution >= 4 is 11.9 Å². The van der Waals surface area contributed by atoms with E-state index in [4.69, 9.17) is 9.84 Å². The molecule has 0 aromatic heterocycles. The lowest BCUT2D eigenvalue weighted by Crippen LogP contribution is -2.40. The van der Waals surface area contributed by atoms with E-state index in [1.54, 1.807) is 0 Å². The van der Waals surface area contributed by atoms with E-state index in [1.807, 2.05) is 12.2 Å². The standard InChI is InChI=1S/C9H10O4/c10-8(11)7-4-13-9(12)6-3-1-2-5(6)7/h1-2,5-7H,3-4H2,(H,10,11). The maximum atomic E-state index is 11.2. The second-order valence-electron chi connectivity index (χ2n) is 3.42. The fraction of sp³-hybridized carbons (Fsp3) is 0.556. The van der Waals surface area contributed by atoms with Gasteiger partial charge >= 0.3 is 11.9 Å². The van der Waals surface area contributed by atoms with Crippen LogP contribution < -0.4 is 0 Å². The van der Waals surface area contributed by atoms with Gasteiger partial charge in [-0.3, -0.25) is 9.59 Å². The van der Waals surface area contributed by atoms with Gasteiger partial charge in [-0.15, -0.1) is 0 Å². The molecular weight excluding hydrogens is 172 g/mol. The summed E-state index contributed by atoms with van der Waals surface area (Å²) in [4.78, 5) is 22.0. The Bertz CT molecular complexity index is 281. The van der Waals surface area contributed by atoms with Gasteiger partial charge < -0.3 is 9.84 Å². The van der Waals surface area contributed by atoms with Crippen LogP contribution in [0.3, 0.4) is 0 Å². The monoisotopic (exact) mass is 182 g/mol. The van der Waals surface area contributed by atoms with Crippen molar-refractivity contribution in [2.75, 3.05) is 6.61 Å². The van der Waals surface area contributed by atoms with Crippen molar-refractivity contribution < 1.29 is 19.4 Å². The Morgan fingerprint density at radius 1 is 1.62 bits per heavy atom. The molecule has 2 rings (SSSR count). The van der Waals surface area contributed by atoms with Crippen LogP contribution in [0, 0.1) is 17.8 Å². The second kappa shape index (κ2) is 2.87. The van der Waals surface area contributed by atoms with Crippen LogP contribution in [0.25, 0.3) is 0 Å². The summed E-state index contributed by atoms with van der Waals surface area (Å²) in [5.74, 6) is -2.10. The SMILES string of the molecule is O=C(O)C1COC(=O)C2CC=CC12. The Morgan fingerprint density at radius 2 is 2.38 bits per heavy atom. The Morgan fingerprint density at radius 3 is 3.08 bits per heavy atom. The third-order valence-electron chi connectivity index (χ3n) is 2.70. The Balaban J connectivity index is 2.21. The number of carbonyl (C=O) groups is 2. The Kier molecular flexibility index (Phi) is 1.83. The molecule has 0 saturated carbocycles. The summed E-state index contributed by atoms with van der Waals surface area (Å²) >= 11 is 0. The van der Waals surface area contributed by atoms with E-state index in [2.05, 4.69) is 0 Å². The highest BCUT2D eigenvalue weighted by Gasteiger charge is 2.43. The minimum Gasteiger partial charge on any atom is -0.481 e. The second-order valence-corrected chi connectivity index (χ2v) is 3.42. The molecule has 1 aliphatic carbocycles. The molecule has 0 radical (unpaired) electrons. The van der Waals surface area contributed by atoms with E-state index in [0.717, 1.165) is 0 Å². The molecule has 1 N–H and O–H groups in total. The number of fused-ring (bicyclic) bond motifs is 1. The number of ether oxygens (including phenoxy) is 1. The minimum atomic E-state index is -0.881. The van der Waals surface area contributed by atoms with Crippen LogP contribution in [0.1, 0.15) is 6.42 Å². The van der Waals surface area contributed by atoms with Crippen molar-refractivity contribution in [3.05, 3.63) is 12.2 Å². The summed E-state index contributed by atoms with van der Waals surface area (Å²) in [6.07, 6.45) is 4.30. The van der Waals surface area contributed by atoms with E-state index >= 15 is 0 Å². The molecule has 1 aliphatic heterocycles. The van der Waals surface area contributed by atoms with E-state index < -0.39 is 11.9 Å². The fourth-order valence-electron chi connectivity index (χ4n) is 1.97. The summed E-state index contributed by atoms with van der Waals surface area (Å²) in [7, 11) is 0. The maximum Gasteiger partial charge on any atom is 0.310 e. The average molecular weight is 182 g/mol. The van der Waals surface area contributed by atoms with Crippen LogP contribution in [0.5, 0.6) is 0 Å². The summed E-state index contributed by atoms with van der Waals surface area (Å²) in [5.41, 5.74) is 0. The number of carboxylic acid groups (broad SMARTS) is 1. The van der Waals surface area contributed by atoms with Gasteiger partial charge in [-0.25, -0.2) is 0 Å². The van der Waals surface area contributed by atoms with Gasteiger partial charge in [0.15, 0.2) is 0 Å². The fourth-order valence-corrected chi connectivity index (χ4v) is 1.97. The largest absolute Gasteiger partial charge is 0.481 e. The highest BCUT2D eigenvalue weighted by molar-refractivity contribution is 5.79. The predicted molar refractivity (Wildman–Crippen MR) is 42.8 cm³/mol. The molecule has 1 saturated heterocycles. The summed E-state index contributed by atoms with van der Waals surface area (Å²) in [6.45, 7) is 0.0136. The summed E-state index contributed by atoms with van der Waals surface area (Å²) < 4.78 is 4.81. The maximum absolute atomic E-state index is 11.2. The lowest BCUT2D eigenvalue weighted by Gasteiger charge is -2.29. The molecule has 3 unspecified atom stereocenters. The average Bonchev–Trinajstić information content (AvgIpc) is 2.53. The zero-order chi connectivity index (χ0) is 9.42. The molecule has 0 spiro atoms. The number of cyclic esters (lactones) is 1. The van der Waals surface area contributed by atoms with Crippen molar-refractivity contribution in [2.45, 2.75) is 6.42 Å². The third kappa shape index (κ3) is 1.22. The number of carboxylic acids is 1. The van der Waals surface area contributed by atoms with Gasteiger partial charge in [-0.2, -0.15) is 0 Å². The van der Waals surface area contributed by atoms with Gasteiger partial charge in [0.05, 0.1) is 11.8 Å².